The quantitative estimate of drug-likeness (QED) is 0.796. The third-order valence-electron chi connectivity index (χ3n) is 4.96. The van der Waals surface area contributed by atoms with Crippen LogP contribution in [0, 0.1) is 0 Å². The van der Waals surface area contributed by atoms with Crippen LogP contribution < -0.4 is 4.90 Å². The number of hydrogen-bond donors (Lipinski definition) is 0. The smallest absolute Gasteiger partial charge is 0.227 e. The minimum atomic E-state index is 0.637. The van der Waals surface area contributed by atoms with Crippen molar-refractivity contribution in [1.82, 2.24) is 14.9 Å². The van der Waals surface area contributed by atoms with E-state index in [1.165, 1.54) is 24.8 Å². The molecular weight excluding hydrogens is 320 g/mol. The molecule has 0 saturated carbocycles. The normalized spacial score (nSPS) is 18.5. The molecule has 4 rings (SSSR count). The maximum absolute atomic E-state index is 6.53. The van der Waals surface area contributed by atoms with Gasteiger partial charge in [0.1, 0.15) is 5.15 Å². The van der Waals surface area contributed by atoms with Crippen LogP contribution in [0.1, 0.15) is 36.1 Å². The van der Waals surface area contributed by atoms with E-state index in [9.17, 15) is 0 Å². The van der Waals surface area contributed by atoms with Crippen LogP contribution in [-0.4, -0.2) is 34.5 Å². The fourth-order valence-corrected chi connectivity index (χ4v) is 3.87. The van der Waals surface area contributed by atoms with E-state index in [1.807, 2.05) is 0 Å². The molecule has 0 spiro atoms. The van der Waals surface area contributed by atoms with E-state index in [-0.39, 0.29) is 0 Å². The van der Waals surface area contributed by atoms with Crippen LogP contribution in [0.3, 0.4) is 0 Å². The number of nitrogens with zero attached hydrogens (tertiary/aromatic N) is 4. The van der Waals surface area contributed by atoms with Gasteiger partial charge in [-0.2, -0.15) is 0 Å². The molecule has 0 bridgehead atoms. The first kappa shape index (κ1) is 15.9. The summed E-state index contributed by atoms with van der Waals surface area (Å²) in [4.78, 5) is 14.2. The molecule has 3 heterocycles. The summed E-state index contributed by atoms with van der Waals surface area (Å²) in [7, 11) is 0. The Morgan fingerprint density at radius 3 is 2.54 bits per heavy atom. The zero-order valence-corrected chi connectivity index (χ0v) is 14.7. The highest BCUT2D eigenvalue weighted by molar-refractivity contribution is 6.30. The summed E-state index contributed by atoms with van der Waals surface area (Å²) < 4.78 is 0. The maximum Gasteiger partial charge on any atom is 0.227 e. The largest absolute Gasteiger partial charge is 0.341 e. The van der Waals surface area contributed by atoms with Crippen molar-refractivity contribution in [2.45, 2.75) is 38.8 Å². The highest BCUT2D eigenvalue weighted by Gasteiger charge is 2.24. The number of aromatic nitrogens is 2. The van der Waals surface area contributed by atoms with E-state index in [0.717, 1.165) is 56.4 Å². The Morgan fingerprint density at radius 1 is 0.958 bits per heavy atom. The minimum Gasteiger partial charge on any atom is -0.341 e. The van der Waals surface area contributed by atoms with Gasteiger partial charge in [-0.15, -0.1) is 0 Å². The molecule has 126 valence electrons. The zero-order valence-electron chi connectivity index (χ0n) is 13.9. The van der Waals surface area contributed by atoms with Crippen molar-refractivity contribution >= 4 is 17.5 Å². The average molecular weight is 343 g/mol. The van der Waals surface area contributed by atoms with Gasteiger partial charge in [-0.3, -0.25) is 4.90 Å². The molecule has 1 aromatic carbocycles. The fraction of sp³-hybridized carbons (Fsp3) is 0.474. The van der Waals surface area contributed by atoms with Crippen LogP contribution in [0.2, 0.25) is 5.15 Å². The van der Waals surface area contributed by atoms with E-state index in [1.54, 1.807) is 0 Å². The molecule has 2 aliphatic rings. The second-order valence-electron chi connectivity index (χ2n) is 6.73. The molecule has 24 heavy (non-hydrogen) atoms. The molecule has 1 aromatic heterocycles. The standard InChI is InChI=1S/C19H23ClN4/c20-18-16-14-23(13-15-7-3-1-4-8-15)12-9-17(16)21-19(22-18)24-10-5-2-6-11-24/h1,3-4,7-8H,2,5-6,9-14H2. The van der Waals surface area contributed by atoms with Gasteiger partial charge in [-0.1, -0.05) is 41.9 Å². The molecule has 1 saturated heterocycles. The monoisotopic (exact) mass is 342 g/mol. The summed E-state index contributed by atoms with van der Waals surface area (Å²) in [5.41, 5.74) is 3.59. The second-order valence-corrected chi connectivity index (χ2v) is 7.09. The van der Waals surface area contributed by atoms with E-state index < -0.39 is 0 Å². The SMILES string of the molecule is Clc1nc(N2CCCCC2)nc2c1CN(Cc1ccccc1)CC2. The van der Waals surface area contributed by atoms with Crippen molar-refractivity contribution in [3.8, 4) is 0 Å². The van der Waals surface area contributed by atoms with E-state index in [4.69, 9.17) is 16.6 Å². The Kier molecular flexibility index (Phi) is 4.67. The van der Waals surface area contributed by atoms with Crippen LogP contribution in [0.4, 0.5) is 5.95 Å². The van der Waals surface area contributed by atoms with Crippen molar-refractivity contribution in [3.05, 3.63) is 52.3 Å². The van der Waals surface area contributed by atoms with Gasteiger partial charge in [-0.25, -0.2) is 9.97 Å². The third kappa shape index (κ3) is 3.40. The molecule has 0 unspecified atom stereocenters. The Balaban J connectivity index is 1.51. The van der Waals surface area contributed by atoms with Crippen molar-refractivity contribution in [2.24, 2.45) is 0 Å². The average Bonchev–Trinajstić information content (AvgIpc) is 2.64. The number of piperidine rings is 1. The molecule has 0 aliphatic carbocycles. The van der Waals surface area contributed by atoms with E-state index in [2.05, 4.69) is 45.1 Å². The molecule has 0 amide bonds. The van der Waals surface area contributed by atoms with Crippen molar-refractivity contribution in [1.29, 1.82) is 0 Å². The Morgan fingerprint density at radius 2 is 1.75 bits per heavy atom. The van der Waals surface area contributed by atoms with Crippen LogP contribution in [0.25, 0.3) is 0 Å². The van der Waals surface area contributed by atoms with Gasteiger partial charge in [0.05, 0.1) is 5.69 Å². The van der Waals surface area contributed by atoms with Crippen LogP contribution in [0.15, 0.2) is 30.3 Å². The lowest BCUT2D eigenvalue weighted by molar-refractivity contribution is 0.243. The molecule has 2 aliphatic heterocycles. The molecule has 5 heteroatoms. The summed E-state index contributed by atoms with van der Waals surface area (Å²) in [5.74, 6) is 0.829. The second kappa shape index (κ2) is 7.08. The Hall–Kier alpha value is -1.65. The van der Waals surface area contributed by atoms with Gasteiger partial charge in [0.15, 0.2) is 0 Å². The first-order valence-electron chi connectivity index (χ1n) is 8.86. The number of benzene rings is 1. The number of hydrogen-bond acceptors (Lipinski definition) is 4. The number of rotatable bonds is 3. The van der Waals surface area contributed by atoms with Crippen molar-refractivity contribution in [3.63, 3.8) is 0 Å². The summed E-state index contributed by atoms with van der Waals surface area (Å²) in [6.45, 7) is 4.91. The Bertz CT molecular complexity index is 698. The minimum absolute atomic E-state index is 0.637. The molecule has 0 radical (unpaired) electrons. The van der Waals surface area contributed by atoms with Gasteiger partial charge in [0.25, 0.3) is 0 Å². The van der Waals surface area contributed by atoms with Gasteiger partial charge in [0.2, 0.25) is 5.95 Å². The lowest BCUT2D eigenvalue weighted by Gasteiger charge is -2.31. The first-order chi connectivity index (χ1) is 11.8. The van der Waals surface area contributed by atoms with Crippen LogP contribution in [0.5, 0.6) is 0 Å². The number of halogens is 1. The topological polar surface area (TPSA) is 32.3 Å². The maximum atomic E-state index is 6.53. The molecular formula is C19H23ClN4. The highest BCUT2D eigenvalue weighted by atomic mass is 35.5. The zero-order chi connectivity index (χ0) is 16.4. The molecule has 2 aromatic rings. The fourth-order valence-electron chi connectivity index (χ4n) is 3.63. The predicted octanol–water partition coefficient (Wildman–Crippen LogP) is 3.68. The molecule has 4 nitrogen and oxygen atoms in total. The summed E-state index contributed by atoms with van der Waals surface area (Å²) >= 11 is 6.53. The van der Waals surface area contributed by atoms with Crippen molar-refractivity contribution < 1.29 is 0 Å². The molecule has 0 atom stereocenters. The lowest BCUT2D eigenvalue weighted by Crippen LogP contribution is -2.34. The molecule has 1 fully saturated rings. The summed E-state index contributed by atoms with van der Waals surface area (Å²) in [6.07, 6.45) is 4.71. The number of fused-ring (bicyclic) bond motifs is 1. The summed E-state index contributed by atoms with van der Waals surface area (Å²) in [5, 5.41) is 0.637. The van der Waals surface area contributed by atoms with E-state index in [0.29, 0.717) is 5.15 Å². The predicted molar refractivity (Wildman–Crippen MR) is 97.4 cm³/mol. The van der Waals surface area contributed by atoms with E-state index >= 15 is 0 Å². The number of anilines is 1. The Labute approximate surface area is 148 Å². The lowest BCUT2D eigenvalue weighted by atomic mass is 10.1. The van der Waals surface area contributed by atoms with Gasteiger partial charge in [0, 0.05) is 44.7 Å². The van der Waals surface area contributed by atoms with Gasteiger partial charge in [-0.05, 0) is 24.8 Å². The van der Waals surface area contributed by atoms with Crippen LogP contribution >= 0.6 is 11.6 Å². The van der Waals surface area contributed by atoms with Gasteiger partial charge < -0.3 is 4.90 Å². The first-order valence-corrected chi connectivity index (χ1v) is 9.24. The van der Waals surface area contributed by atoms with Crippen molar-refractivity contribution in [2.75, 3.05) is 24.5 Å². The van der Waals surface area contributed by atoms with Gasteiger partial charge >= 0.3 is 0 Å². The third-order valence-corrected chi connectivity index (χ3v) is 5.28. The molecule has 0 N–H and O–H groups in total. The van der Waals surface area contributed by atoms with Crippen LogP contribution in [-0.2, 0) is 19.5 Å². The highest BCUT2D eigenvalue weighted by Crippen LogP contribution is 2.28. The summed E-state index contributed by atoms with van der Waals surface area (Å²) in [6, 6.07) is 10.6.